The Morgan fingerprint density at radius 3 is 2.46 bits per heavy atom. The molecule has 26 heavy (non-hydrogen) atoms. The Bertz CT molecular complexity index is 431. The predicted octanol–water partition coefficient (Wildman–Crippen LogP) is 3.43. The van der Waals surface area contributed by atoms with Crippen molar-refractivity contribution in [3.05, 3.63) is 0 Å². The van der Waals surface area contributed by atoms with Gasteiger partial charge in [0.15, 0.2) is 5.96 Å². The first kappa shape index (κ1) is 26.1. The van der Waals surface area contributed by atoms with Crippen LogP contribution in [0, 0.1) is 5.41 Å². The highest BCUT2D eigenvalue weighted by Crippen LogP contribution is 2.30. The summed E-state index contributed by atoms with van der Waals surface area (Å²) in [4.78, 5) is 4.84. The van der Waals surface area contributed by atoms with Crippen LogP contribution in [0.2, 0.25) is 0 Å². The molecule has 3 atom stereocenters. The molecule has 0 amide bonds. The molecule has 0 radical (unpaired) electrons. The second-order valence-corrected chi connectivity index (χ2v) is 9.18. The van der Waals surface area contributed by atoms with Crippen LogP contribution in [-0.4, -0.2) is 52.0 Å². The fraction of sp³-hybridized carbons (Fsp3) is 0.947. The quantitative estimate of drug-likeness (QED) is 0.244. The lowest BCUT2D eigenvalue weighted by atomic mass is 9.79. The summed E-state index contributed by atoms with van der Waals surface area (Å²) in [5.74, 6) is 1.61. The van der Waals surface area contributed by atoms with E-state index in [9.17, 15) is 9.32 Å². The molecule has 0 aromatic rings. The van der Waals surface area contributed by atoms with E-state index in [2.05, 4.69) is 31.4 Å². The number of hydrogen-bond acceptors (Lipinski definition) is 3. The Morgan fingerprint density at radius 1 is 1.23 bits per heavy atom. The highest BCUT2D eigenvalue weighted by Gasteiger charge is 2.27. The highest BCUT2D eigenvalue weighted by molar-refractivity contribution is 14.0. The molecule has 1 aliphatic rings. The zero-order valence-electron chi connectivity index (χ0n) is 17.1. The zero-order chi connectivity index (χ0) is 18.7. The molecule has 1 rings (SSSR count). The SMILES string of the molecule is CCNC(=NCC(CC)(CC)CCO)NC1CCCC(S(=O)CC)C1.I. The third-order valence-electron chi connectivity index (χ3n) is 5.68. The van der Waals surface area contributed by atoms with Crippen molar-refractivity contribution in [2.45, 2.75) is 83.9 Å². The van der Waals surface area contributed by atoms with E-state index in [0.29, 0.717) is 11.3 Å². The van der Waals surface area contributed by atoms with Crippen LogP contribution in [0.1, 0.15) is 72.6 Å². The molecule has 3 unspecified atom stereocenters. The molecule has 1 aliphatic carbocycles. The molecule has 1 saturated carbocycles. The third kappa shape index (κ3) is 8.42. The van der Waals surface area contributed by atoms with Crippen LogP contribution in [0.3, 0.4) is 0 Å². The molecule has 5 nitrogen and oxygen atoms in total. The van der Waals surface area contributed by atoms with Crippen molar-refractivity contribution in [1.82, 2.24) is 10.6 Å². The standard InChI is InChI=1S/C19H39N3O2S.HI/c1-5-19(6-2,12-13-23)15-21-18(20-7-3)22-16-10-9-11-17(14-16)25(24)8-4;/h16-17,23H,5-15H2,1-4H3,(H2,20,21,22);1H. The molecule has 0 aromatic carbocycles. The molecular weight excluding hydrogens is 461 g/mol. The molecular formula is C19H40IN3O2S. The summed E-state index contributed by atoms with van der Waals surface area (Å²) in [6.45, 7) is 10.2. The van der Waals surface area contributed by atoms with E-state index in [-0.39, 0.29) is 36.0 Å². The van der Waals surface area contributed by atoms with Crippen LogP contribution in [0.15, 0.2) is 4.99 Å². The van der Waals surface area contributed by atoms with Crippen molar-refractivity contribution < 1.29 is 9.32 Å². The normalized spacial score (nSPS) is 22.4. The van der Waals surface area contributed by atoms with Crippen molar-refractivity contribution in [3.8, 4) is 0 Å². The van der Waals surface area contributed by atoms with Gasteiger partial charge in [-0.15, -0.1) is 24.0 Å². The molecule has 1 fully saturated rings. The maximum Gasteiger partial charge on any atom is 0.191 e. The summed E-state index contributed by atoms with van der Waals surface area (Å²) >= 11 is 0. The lowest BCUT2D eigenvalue weighted by Gasteiger charge is -2.32. The number of aliphatic hydroxyl groups excluding tert-OH is 1. The van der Waals surface area contributed by atoms with Crippen molar-refractivity contribution in [2.75, 3.05) is 25.4 Å². The minimum Gasteiger partial charge on any atom is -0.396 e. The van der Waals surface area contributed by atoms with Crippen molar-refractivity contribution >= 4 is 40.7 Å². The molecule has 0 bridgehead atoms. The van der Waals surface area contributed by atoms with Gasteiger partial charge in [-0.05, 0) is 50.9 Å². The van der Waals surface area contributed by atoms with E-state index >= 15 is 0 Å². The number of nitrogens with one attached hydrogen (secondary N) is 2. The van der Waals surface area contributed by atoms with E-state index in [1.165, 1.54) is 0 Å². The smallest absolute Gasteiger partial charge is 0.191 e. The zero-order valence-corrected chi connectivity index (χ0v) is 20.2. The lowest BCUT2D eigenvalue weighted by molar-refractivity contribution is 0.175. The molecule has 0 saturated heterocycles. The molecule has 0 spiro atoms. The van der Waals surface area contributed by atoms with Gasteiger partial charge < -0.3 is 15.7 Å². The van der Waals surface area contributed by atoms with Gasteiger partial charge in [-0.1, -0.05) is 27.2 Å². The fourth-order valence-corrected chi connectivity index (χ4v) is 5.00. The van der Waals surface area contributed by atoms with Crippen molar-refractivity contribution in [1.29, 1.82) is 0 Å². The lowest BCUT2D eigenvalue weighted by Crippen LogP contribution is -2.47. The second kappa shape index (κ2) is 14.2. The van der Waals surface area contributed by atoms with Crippen LogP contribution < -0.4 is 10.6 Å². The number of guanidine groups is 1. The summed E-state index contributed by atoms with van der Waals surface area (Å²) in [6.07, 6.45) is 7.13. The minimum absolute atomic E-state index is 0. The Morgan fingerprint density at radius 2 is 1.92 bits per heavy atom. The van der Waals surface area contributed by atoms with Gasteiger partial charge in [-0.3, -0.25) is 9.20 Å². The maximum absolute atomic E-state index is 12.1. The molecule has 0 aliphatic heterocycles. The first-order chi connectivity index (χ1) is 12.0. The molecule has 3 N–H and O–H groups in total. The molecule has 0 heterocycles. The van der Waals surface area contributed by atoms with E-state index in [0.717, 1.165) is 69.7 Å². The van der Waals surface area contributed by atoms with E-state index in [1.807, 2.05) is 6.92 Å². The summed E-state index contributed by atoms with van der Waals surface area (Å²) < 4.78 is 12.1. The summed E-state index contributed by atoms with van der Waals surface area (Å²) in [6, 6.07) is 0.350. The van der Waals surface area contributed by atoms with Gasteiger partial charge in [-0.2, -0.15) is 0 Å². The Labute approximate surface area is 180 Å². The van der Waals surface area contributed by atoms with Gasteiger partial charge in [0.1, 0.15) is 0 Å². The Hall–Kier alpha value is 0.110. The summed E-state index contributed by atoms with van der Waals surface area (Å²) in [7, 11) is -0.704. The van der Waals surface area contributed by atoms with E-state index in [1.54, 1.807) is 0 Å². The van der Waals surface area contributed by atoms with Gasteiger partial charge in [0.05, 0.1) is 0 Å². The summed E-state index contributed by atoms with van der Waals surface area (Å²) in [5.41, 5.74) is 0.0793. The van der Waals surface area contributed by atoms with Gasteiger partial charge in [0.25, 0.3) is 0 Å². The van der Waals surface area contributed by atoms with Crippen LogP contribution in [0.5, 0.6) is 0 Å². The average Bonchev–Trinajstić information content (AvgIpc) is 2.64. The maximum atomic E-state index is 12.1. The van der Waals surface area contributed by atoms with Gasteiger partial charge >= 0.3 is 0 Å². The number of nitrogens with zero attached hydrogens (tertiary/aromatic N) is 1. The number of hydrogen-bond donors (Lipinski definition) is 3. The number of aliphatic imine (C=N–C) groups is 1. The first-order valence-corrected chi connectivity index (χ1v) is 11.4. The molecule has 156 valence electrons. The van der Waals surface area contributed by atoms with Crippen LogP contribution in [-0.2, 0) is 10.8 Å². The van der Waals surface area contributed by atoms with Crippen molar-refractivity contribution in [2.24, 2.45) is 10.4 Å². The predicted molar refractivity (Wildman–Crippen MR) is 124 cm³/mol. The van der Waals surface area contributed by atoms with E-state index < -0.39 is 10.8 Å². The average molecular weight is 502 g/mol. The highest BCUT2D eigenvalue weighted by atomic mass is 127. The fourth-order valence-electron chi connectivity index (χ4n) is 3.65. The minimum atomic E-state index is -0.704. The van der Waals surface area contributed by atoms with E-state index in [4.69, 9.17) is 4.99 Å². The second-order valence-electron chi connectivity index (χ2n) is 7.18. The van der Waals surface area contributed by atoms with Crippen LogP contribution in [0.4, 0.5) is 0 Å². The molecule has 0 aromatic heterocycles. The van der Waals surface area contributed by atoms with Crippen LogP contribution >= 0.6 is 24.0 Å². The summed E-state index contributed by atoms with van der Waals surface area (Å²) in [5, 5.41) is 16.6. The first-order valence-electron chi connectivity index (χ1n) is 10.1. The number of rotatable bonds is 10. The van der Waals surface area contributed by atoms with Crippen molar-refractivity contribution in [3.63, 3.8) is 0 Å². The number of halogens is 1. The van der Waals surface area contributed by atoms with Crippen LogP contribution in [0.25, 0.3) is 0 Å². The molecule has 7 heteroatoms. The largest absolute Gasteiger partial charge is 0.396 e. The topological polar surface area (TPSA) is 73.7 Å². The van der Waals surface area contributed by atoms with Gasteiger partial charge in [-0.25, -0.2) is 0 Å². The number of aliphatic hydroxyl groups is 1. The monoisotopic (exact) mass is 501 g/mol. The van der Waals surface area contributed by atoms with Gasteiger partial charge in [0, 0.05) is 47.5 Å². The Balaban J connectivity index is 0.00000625. The van der Waals surface area contributed by atoms with Gasteiger partial charge in [0.2, 0.25) is 0 Å². The third-order valence-corrected chi connectivity index (χ3v) is 7.42. The Kier molecular flexibility index (Phi) is 14.2.